The van der Waals surface area contributed by atoms with Crippen LogP contribution in [0.1, 0.15) is 28.9 Å². The van der Waals surface area contributed by atoms with Gasteiger partial charge < -0.3 is 9.52 Å². The van der Waals surface area contributed by atoms with E-state index in [-0.39, 0.29) is 17.1 Å². The van der Waals surface area contributed by atoms with Gasteiger partial charge in [-0.2, -0.15) is 0 Å². The molecule has 0 fully saturated rings. The Morgan fingerprint density at radius 2 is 2.19 bits per heavy atom. The highest BCUT2D eigenvalue weighted by Crippen LogP contribution is 2.26. The number of sulfonamides is 1. The van der Waals surface area contributed by atoms with E-state index in [1.165, 1.54) is 17.4 Å². The van der Waals surface area contributed by atoms with Crippen molar-refractivity contribution in [2.45, 2.75) is 31.2 Å². The molecule has 1 unspecified atom stereocenters. The SMILES string of the molecule is Cc1cc(S(=O)(=O)NC(CC(=O)O)c2cccs2)c(C)o1. The number of carboxylic acids is 1. The monoisotopic (exact) mass is 329 g/mol. The van der Waals surface area contributed by atoms with E-state index in [4.69, 9.17) is 9.52 Å². The van der Waals surface area contributed by atoms with Crippen molar-refractivity contribution >= 4 is 27.3 Å². The van der Waals surface area contributed by atoms with Gasteiger partial charge in [0.05, 0.1) is 12.5 Å². The van der Waals surface area contributed by atoms with Crippen molar-refractivity contribution in [3.63, 3.8) is 0 Å². The first kappa shape index (κ1) is 15.7. The molecule has 2 aromatic rings. The van der Waals surface area contributed by atoms with Crippen LogP contribution in [0.15, 0.2) is 32.9 Å². The van der Waals surface area contributed by atoms with Crippen LogP contribution in [0.3, 0.4) is 0 Å². The smallest absolute Gasteiger partial charge is 0.305 e. The fourth-order valence-corrected chi connectivity index (χ4v) is 4.30. The Morgan fingerprint density at radius 1 is 1.48 bits per heavy atom. The highest BCUT2D eigenvalue weighted by atomic mass is 32.2. The molecule has 8 heteroatoms. The summed E-state index contributed by atoms with van der Waals surface area (Å²) in [6.45, 7) is 3.21. The van der Waals surface area contributed by atoms with Crippen molar-refractivity contribution in [3.05, 3.63) is 40.0 Å². The standard InChI is InChI=1S/C13H15NO5S2/c1-8-6-12(9(2)19-8)21(17,18)14-10(7-13(15)16)11-4-3-5-20-11/h3-6,10,14H,7H2,1-2H3,(H,15,16). The van der Waals surface area contributed by atoms with E-state index in [1.807, 2.05) is 0 Å². The first-order chi connectivity index (χ1) is 9.79. The van der Waals surface area contributed by atoms with E-state index in [0.717, 1.165) is 0 Å². The van der Waals surface area contributed by atoms with Crippen LogP contribution in [0.25, 0.3) is 0 Å². The third kappa shape index (κ3) is 3.72. The van der Waals surface area contributed by atoms with Gasteiger partial charge in [0.25, 0.3) is 0 Å². The van der Waals surface area contributed by atoms with Crippen molar-refractivity contribution in [2.75, 3.05) is 0 Å². The molecule has 0 saturated heterocycles. The second-order valence-corrected chi connectivity index (χ2v) is 7.23. The number of furan rings is 1. The Labute approximate surface area is 126 Å². The van der Waals surface area contributed by atoms with Crippen LogP contribution < -0.4 is 4.72 Å². The molecule has 0 amide bonds. The van der Waals surface area contributed by atoms with E-state index >= 15 is 0 Å². The van der Waals surface area contributed by atoms with Crippen LogP contribution in [-0.2, 0) is 14.8 Å². The summed E-state index contributed by atoms with van der Waals surface area (Å²) in [6.07, 6.45) is -0.324. The van der Waals surface area contributed by atoms with E-state index in [1.54, 1.807) is 31.4 Å². The first-order valence-electron chi connectivity index (χ1n) is 6.14. The minimum atomic E-state index is -3.84. The molecule has 114 valence electrons. The van der Waals surface area contributed by atoms with Crippen molar-refractivity contribution in [1.29, 1.82) is 0 Å². The van der Waals surface area contributed by atoms with Crippen molar-refractivity contribution < 1.29 is 22.7 Å². The Kier molecular flexibility index (Phi) is 4.50. The molecule has 0 spiro atoms. The average molecular weight is 329 g/mol. The van der Waals surface area contributed by atoms with E-state index in [2.05, 4.69) is 4.72 Å². The van der Waals surface area contributed by atoms with Crippen molar-refractivity contribution in [3.8, 4) is 0 Å². The molecule has 1 atom stereocenters. The number of carbonyl (C=O) groups is 1. The zero-order chi connectivity index (χ0) is 15.6. The maximum atomic E-state index is 12.4. The van der Waals surface area contributed by atoms with Gasteiger partial charge in [-0.05, 0) is 31.4 Å². The fourth-order valence-electron chi connectivity index (χ4n) is 1.99. The fraction of sp³-hybridized carbons (Fsp3) is 0.308. The summed E-state index contributed by atoms with van der Waals surface area (Å²) in [5.74, 6) is -0.310. The van der Waals surface area contributed by atoms with Crippen LogP contribution >= 0.6 is 11.3 Å². The minimum absolute atomic E-state index is 0.0342. The molecule has 6 nitrogen and oxygen atoms in total. The van der Waals surface area contributed by atoms with Crippen LogP contribution in [0.5, 0.6) is 0 Å². The summed E-state index contributed by atoms with van der Waals surface area (Å²) in [6, 6.07) is 4.07. The van der Waals surface area contributed by atoms with Gasteiger partial charge in [0.2, 0.25) is 10.0 Å². The lowest BCUT2D eigenvalue weighted by molar-refractivity contribution is -0.137. The molecule has 0 saturated carbocycles. The van der Waals surface area contributed by atoms with Crippen LogP contribution in [0.2, 0.25) is 0 Å². The molecular formula is C13H15NO5S2. The minimum Gasteiger partial charge on any atom is -0.481 e. The maximum Gasteiger partial charge on any atom is 0.305 e. The number of carboxylic acid groups (broad SMARTS) is 1. The molecule has 0 bridgehead atoms. The number of aliphatic carboxylic acids is 1. The van der Waals surface area contributed by atoms with E-state index < -0.39 is 22.0 Å². The molecule has 2 aromatic heterocycles. The number of rotatable bonds is 6. The molecule has 2 N–H and O–H groups in total. The average Bonchev–Trinajstić information content (AvgIpc) is 2.97. The molecule has 0 radical (unpaired) electrons. The summed E-state index contributed by atoms with van der Waals surface area (Å²) < 4.78 is 32.4. The van der Waals surface area contributed by atoms with Gasteiger partial charge in [-0.1, -0.05) is 6.07 Å². The number of nitrogens with one attached hydrogen (secondary N) is 1. The summed E-state index contributed by atoms with van der Waals surface area (Å²) in [7, 11) is -3.84. The third-order valence-corrected chi connectivity index (χ3v) is 5.41. The quantitative estimate of drug-likeness (QED) is 0.848. The number of hydrogen-bond acceptors (Lipinski definition) is 5. The molecule has 2 rings (SSSR count). The van der Waals surface area contributed by atoms with Gasteiger partial charge in [-0.15, -0.1) is 11.3 Å². The third-order valence-electron chi connectivity index (χ3n) is 2.85. The molecule has 0 aliphatic carbocycles. The number of hydrogen-bond donors (Lipinski definition) is 2. The molecule has 0 aliphatic heterocycles. The lowest BCUT2D eigenvalue weighted by atomic mass is 10.2. The molecule has 0 aromatic carbocycles. The topological polar surface area (TPSA) is 96.6 Å². The summed E-state index contributed by atoms with van der Waals surface area (Å²) in [4.78, 5) is 11.6. The first-order valence-corrected chi connectivity index (χ1v) is 8.50. The zero-order valence-corrected chi connectivity index (χ0v) is 13.1. The van der Waals surface area contributed by atoms with Gasteiger partial charge in [-0.3, -0.25) is 4.79 Å². The van der Waals surface area contributed by atoms with Gasteiger partial charge >= 0.3 is 5.97 Å². The van der Waals surface area contributed by atoms with E-state index in [9.17, 15) is 13.2 Å². The van der Waals surface area contributed by atoms with Crippen LogP contribution in [0.4, 0.5) is 0 Å². The second-order valence-electron chi connectivity index (χ2n) is 4.56. The number of aryl methyl sites for hydroxylation is 2. The zero-order valence-electron chi connectivity index (χ0n) is 11.5. The predicted molar refractivity (Wildman–Crippen MR) is 77.8 cm³/mol. The van der Waals surface area contributed by atoms with Gasteiger partial charge in [0.15, 0.2) is 0 Å². The van der Waals surface area contributed by atoms with Crippen molar-refractivity contribution in [1.82, 2.24) is 4.72 Å². The Hall–Kier alpha value is -1.64. The van der Waals surface area contributed by atoms with Gasteiger partial charge in [0.1, 0.15) is 16.4 Å². The molecular weight excluding hydrogens is 314 g/mol. The normalized spacial score (nSPS) is 13.2. The largest absolute Gasteiger partial charge is 0.481 e. The molecule has 0 aliphatic rings. The van der Waals surface area contributed by atoms with Crippen molar-refractivity contribution in [2.24, 2.45) is 0 Å². The van der Waals surface area contributed by atoms with Crippen LogP contribution in [0, 0.1) is 13.8 Å². The lowest BCUT2D eigenvalue weighted by Crippen LogP contribution is -2.30. The van der Waals surface area contributed by atoms with Gasteiger partial charge in [0, 0.05) is 4.88 Å². The summed E-state index contributed by atoms with van der Waals surface area (Å²) >= 11 is 1.30. The highest BCUT2D eigenvalue weighted by molar-refractivity contribution is 7.89. The molecule has 2 heterocycles. The summed E-state index contributed by atoms with van der Waals surface area (Å²) in [5.41, 5.74) is 0. The highest BCUT2D eigenvalue weighted by Gasteiger charge is 2.27. The van der Waals surface area contributed by atoms with Gasteiger partial charge in [-0.25, -0.2) is 13.1 Å². The van der Waals surface area contributed by atoms with E-state index in [0.29, 0.717) is 10.6 Å². The Bertz CT molecular complexity index is 731. The number of thiophene rings is 1. The lowest BCUT2D eigenvalue weighted by Gasteiger charge is -2.15. The van der Waals surface area contributed by atoms with Crippen LogP contribution in [-0.4, -0.2) is 19.5 Å². The Morgan fingerprint density at radius 3 is 2.67 bits per heavy atom. The Balaban J connectivity index is 2.31. The molecule has 21 heavy (non-hydrogen) atoms. The summed E-state index contributed by atoms with van der Waals surface area (Å²) in [5, 5.41) is 10.7. The second kappa shape index (κ2) is 6.00. The maximum absolute atomic E-state index is 12.4. The predicted octanol–water partition coefficient (Wildman–Crippen LogP) is 2.45.